The highest BCUT2D eigenvalue weighted by Gasteiger charge is 2.54. The largest absolute Gasteiger partial charge is 0.349 e. The van der Waals surface area contributed by atoms with Crippen molar-refractivity contribution in [3.63, 3.8) is 0 Å². The molecule has 3 aliphatic rings. The topological polar surface area (TPSA) is 111 Å². The fraction of sp³-hybridized carbons (Fsp3) is 0.667. The number of ether oxygens (including phenoxy) is 1. The van der Waals surface area contributed by atoms with E-state index in [2.05, 4.69) is 35.4 Å². The molecule has 186 valence electrons. The molecule has 0 unspecified atom stereocenters. The van der Waals surface area contributed by atoms with Crippen molar-refractivity contribution in [2.45, 2.75) is 69.4 Å². The van der Waals surface area contributed by atoms with Gasteiger partial charge in [-0.15, -0.1) is 0 Å². The predicted octanol–water partition coefficient (Wildman–Crippen LogP) is 3.79. The smallest absolute Gasteiger partial charge is 0.327 e. The van der Waals surface area contributed by atoms with Crippen LogP contribution in [0, 0.1) is 11.8 Å². The highest BCUT2D eigenvalue weighted by molar-refractivity contribution is 8.68. The highest BCUT2D eigenvalue weighted by Crippen LogP contribution is 2.75. The number of alkyl halides is 1. The Labute approximate surface area is 204 Å². The van der Waals surface area contributed by atoms with Gasteiger partial charge < -0.3 is 13.8 Å². The van der Waals surface area contributed by atoms with Crippen molar-refractivity contribution < 1.29 is 18.2 Å². The molecule has 1 aliphatic carbocycles. The highest BCUT2D eigenvalue weighted by atomic mass is 32.9. The number of nitrogens with zero attached hydrogens (tertiary/aromatic N) is 2. The second-order valence-electron chi connectivity index (χ2n) is 9.68. The first-order valence-electron chi connectivity index (χ1n) is 11.3. The molecule has 3 fully saturated rings. The van der Waals surface area contributed by atoms with E-state index in [4.69, 9.17) is 25.6 Å². The lowest BCUT2D eigenvalue weighted by atomic mass is 9.77. The minimum absolute atomic E-state index is 0.00889. The van der Waals surface area contributed by atoms with E-state index in [1.54, 1.807) is 18.3 Å². The molecule has 1 saturated carbocycles. The Bertz CT molecular complexity index is 1300. The van der Waals surface area contributed by atoms with Crippen LogP contribution in [0.5, 0.6) is 0 Å². The second-order valence-corrected chi connectivity index (χ2v) is 16.3. The van der Waals surface area contributed by atoms with Crippen LogP contribution in [0.25, 0.3) is 11.2 Å². The lowest BCUT2D eigenvalue weighted by molar-refractivity contribution is -0.0343. The third-order valence-corrected chi connectivity index (χ3v) is 13.1. The van der Waals surface area contributed by atoms with E-state index in [1.807, 2.05) is 0 Å². The van der Waals surface area contributed by atoms with Crippen molar-refractivity contribution in [2.24, 2.45) is 11.8 Å². The Kier molecular flexibility index (Phi) is 6.22. The molecule has 9 nitrogen and oxygen atoms in total. The number of aromatic amines is 2. The van der Waals surface area contributed by atoms with Crippen molar-refractivity contribution in [2.75, 3.05) is 6.61 Å². The van der Waals surface area contributed by atoms with Crippen molar-refractivity contribution in [3.05, 3.63) is 39.3 Å². The molecule has 2 aromatic rings. The number of imidazole rings is 1. The molecule has 8 atom stereocenters. The Balaban J connectivity index is 1.29. The van der Waals surface area contributed by atoms with Gasteiger partial charge in [-0.05, 0) is 50.8 Å². The summed E-state index contributed by atoms with van der Waals surface area (Å²) in [6.45, 7) is 10.2. The van der Waals surface area contributed by atoms with Gasteiger partial charge >= 0.3 is 5.69 Å². The van der Waals surface area contributed by atoms with Gasteiger partial charge in [-0.3, -0.25) is 19.3 Å². The van der Waals surface area contributed by atoms with Gasteiger partial charge in [0.05, 0.1) is 25.1 Å². The Morgan fingerprint density at radius 1 is 1.50 bits per heavy atom. The number of nitrogens with one attached hydrogen (secondary N) is 2. The maximum Gasteiger partial charge on any atom is 0.327 e. The van der Waals surface area contributed by atoms with Crippen LogP contribution in [0.4, 0.5) is 4.39 Å². The van der Waals surface area contributed by atoms with Crippen LogP contribution >= 0.6 is 17.1 Å². The van der Waals surface area contributed by atoms with E-state index in [0.717, 1.165) is 19.3 Å². The summed E-state index contributed by atoms with van der Waals surface area (Å²) in [6, 6.07) is 0. The summed E-state index contributed by atoms with van der Waals surface area (Å²) in [4.78, 5) is 32.3. The minimum Gasteiger partial charge on any atom is -0.349 e. The van der Waals surface area contributed by atoms with Crippen molar-refractivity contribution in [1.82, 2.24) is 19.5 Å². The van der Waals surface area contributed by atoms with Crippen LogP contribution in [0.2, 0.25) is 0 Å². The average molecular weight is 531 g/mol. The minimum atomic E-state index is -2.62. The summed E-state index contributed by atoms with van der Waals surface area (Å²) in [5.41, 5.74) is -2.67. The van der Waals surface area contributed by atoms with Crippen LogP contribution in [-0.4, -0.2) is 49.3 Å². The number of hydrogen-bond donors (Lipinski definition) is 2. The van der Waals surface area contributed by atoms with Gasteiger partial charge in [0, 0.05) is 10.7 Å². The number of halogens is 1. The van der Waals surface area contributed by atoms with Gasteiger partial charge in [0.15, 0.2) is 17.9 Å². The van der Waals surface area contributed by atoms with E-state index >= 15 is 4.39 Å². The van der Waals surface area contributed by atoms with Crippen LogP contribution in [0.3, 0.4) is 0 Å². The summed E-state index contributed by atoms with van der Waals surface area (Å²) >= 11 is 7.44. The molecule has 13 heteroatoms. The number of H-pyrrole nitrogens is 2. The molecule has 4 heterocycles. The zero-order valence-electron chi connectivity index (χ0n) is 19.2. The molecule has 34 heavy (non-hydrogen) atoms. The van der Waals surface area contributed by atoms with E-state index in [1.165, 1.54) is 16.5 Å². The van der Waals surface area contributed by atoms with Crippen LogP contribution in [-0.2, 0) is 25.6 Å². The third kappa shape index (κ3) is 4.16. The number of aromatic nitrogens is 4. The lowest BCUT2D eigenvalue weighted by Crippen LogP contribution is -2.39. The molecule has 2 aliphatic heterocycles. The number of allylic oxidation sites excluding steroid dienone is 1. The van der Waals surface area contributed by atoms with Gasteiger partial charge in [-0.1, -0.05) is 30.5 Å². The van der Waals surface area contributed by atoms with Crippen LogP contribution in [0.15, 0.2) is 28.1 Å². The molecule has 2 aromatic heterocycles. The Hall–Kier alpha value is -1.30. The fourth-order valence-corrected chi connectivity index (χ4v) is 12.1. The monoisotopic (exact) mass is 530 g/mol. The summed E-state index contributed by atoms with van der Waals surface area (Å²) in [5, 5.41) is 0. The van der Waals surface area contributed by atoms with Crippen LogP contribution in [0.1, 0.15) is 46.3 Å². The standard InChI is InChI=1S/C21H28FN4O5PS2/c1-10(2)12-5-6-21(4)14(7-12)31-32(33,34-21)29-8-13-11(3)15(22)19(30-13)26-9-23-16-17(26)24-20(28)25-18(16)27/h9,11-15,19H,1,5-8H2,2-4H3,(H2,24,25,27,28)/t11-,12+,13-,14-,15-,19-,21-,32-/m1/s1. The summed E-state index contributed by atoms with van der Waals surface area (Å²) in [5.74, 6) is -0.0776. The Morgan fingerprint density at radius 2 is 2.26 bits per heavy atom. The van der Waals surface area contributed by atoms with E-state index in [0.29, 0.717) is 5.92 Å². The summed E-state index contributed by atoms with van der Waals surface area (Å²) < 4.78 is 35.0. The lowest BCUT2D eigenvalue weighted by Gasteiger charge is -2.37. The summed E-state index contributed by atoms with van der Waals surface area (Å²) in [6.07, 6.45) is 1.20. The molecular formula is C21H28FN4O5PS2. The molecule has 0 bridgehead atoms. The Morgan fingerprint density at radius 3 is 3.00 bits per heavy atom. The van der Waals surface area contributed by atoms with Gasteiger partial charge in [-0.2, -0.15) is 0 Å². The van der Waals surface area contributed by atoms with Crippen LogP contribution < -0.4 is 11.2 Å². The summed E-state index contributed by atoms with van der Waals surface area (Å²) in [7, 11) is 0. The molecule has 0 aromatic carbocycles. The fourth-order valence-electron chi connectivity index (χ4n) is 5.01. The van der Waals surface area contributed by atoms with Gasteiger partial charge in [-0.25, -0.2) is 14.2 Å². The second kappa shape index (κ2) is 8.67. The molecular weight excluding hydrogens is 502 g/mol. The molecule has 0 amide bonds. The van der Waals surface area contributed by atoms with E-state index in [9.17, 15) is 9.59 Å². The first-order chi connectivity index (χ1) is 16.0. The molecule has 0 spiro atoms. The normalized spacial score (nSPS) is 40.0. The third-order valence-electron chi connectivity index (χ3n) is 7.26. The maximum atomic E-state index is 15.3. The molecule has 2 saturated heterocycles. The van der Waals surface area contributed by atoms with Crippen molar-refractivity contribution in [3.8, 4) is 0 Å². The molecule has 0 radical (unpaired) electrons. The van der Waals surface area contributed by atoms with E-state index < -0.39 is 41.4 Å². The molecule has 5 rings (SSSR count). The quantitative estimate of drug-likeness (QED) is 0.444. The van der Waals surface area contributed by atoms with Gasteiger partial charge in [0.25, 0.3) is 5.56 Å². The predicted molar refractivity (Wildman–Crippen MR) is 132 cm³/mol. The van der Waals surface area contributed by atoms with Crippen molar-refractivity contribution >= 4 is 40.0 Å². The first kappa shape index (κ1) is 24.4. The van der Waals surface area contributed by atoms with Gasteiger partial charge in [0.2, 0.25) is 5.69 Å². The zero-order chi connectivity index (χ0) is 24.4. The zero-order valence-corrected chi connectivity index (χ0v) is 21.7. The number of fused-ring (bicyclic) bond motifs is 2. The SMILES string of the molecule is C=C(C)[C@H]1CC[C@@]2(C)S[P@](=S)(OC[C@H]3O[C@@H](n4cnc5c(=O)[nH]c(=O)[nH]c54)[C@H](F)[C@@H]3C)O[C@@H]2C1. The maximum absolute atomic E-state index is 15.3. The van der Waals surface area contributed by atoms with Crippen molar-refractivity contribution in [1.29, 1.82) is 0 Å². The number of rotatable bonds is 5. The van der Waals surface area contributed by atoms with Gasteiger partial charge in [0.1, 0.15) is 5.65 Å². The number of hydrogen-bond acceptors (Lipinski definition) is 8. The van der Waals surface area contributed by atoms with E-state index in [-0.39, 0.29) is 28.6 Å². The first-order valence-corrected chi connectivity index (χ1v) is 15.3. The molecule has 2 N–H and O–H groups in total. The average Bonchev–Trinajstić information content (AvgIpc) is 3.38.